The van der Waals surface area contributed by atoms with Crippen molar-refractivity contribution in [1.82, 2.24) is 9.97 Å². The van der Waals surface area contributed by atoms with E-state index in [-0.39, 0.29) is 13.2 Å². The molecule has 0 saturated heterocycles. The molecule has 1 atom stereocenters. The van der Waals surface area contributed by atoms with Crippen LogP contribution < -0.4 is 10.6 Å². The third-order valence-corrected chi connectivity index (χ3v) is 2.17. The summed E-state index contributed by atoms with van der Waals surface area (Å²) >= 11 is 0. The molecule has 0 fully saturated rings. The van der Waals surface area contributed by atoms with Crippen LogP contribution in [0.5, 0.6) is 0 Å². The van der Waals surface area contributed by atoms with Crippen molar-refractivity contribution in [3.05, 3.63) is 11.8 Å². The number of hydrogen-bond acceptors (Lipinski definition) is 6. The molecule has 0 aliphatic carbocycles. The van der Waals surface area contributed by atoms with Gasteiger partial charge in [0, 0.05) is 25.4 Å². The lowest BCUT2D eigenvalue weighted by Crippen LogP contribution is -2.37. The quantitative estimate of drug-likeness (QED) is 0.564. The summed E-state index contributed by atoms with van der Waals surface area (Å²) in [5, 5.41) is 24.3. The van der Waals surface area contributed by atoms with Crippen LogP contribution in [0.3, 0.4) is 0 Å². The molecule has 1 rings (SSSR count). The average molecular weight is 226 g/mol. The Bertz CT molecular complexity index is 355. The van der Waals surface area contributed by atoms with Gasteiger partial charge in [-0.2, -0.15) is 4.98 Å². The number of aliphatic hydroxyl groups is 2. The molecule has 0 bridgehead atoms. The third kappa shape index (κ3) is 3.32. The van der Waals surface area contributed by atoms with Gasteiger partial charge in [0.05, 0.1) is 6.61 Å². The summed E-state index contributed by atoms with van der Waals surface area (Å²) in [6.45, 7) is 3.35. The number of nitrogens with one attached hydrogen (secondary N) is 2. The monoisotopic (exact) mass is 226 g/mol. The van der Waals surface area contributed by atoms with Crippen LogP contribution in [0, 0.1) is 6.92 Å². The van der Waals surface area contributed by atoms with Crippen LogP contribution in [-0.4, -0.2) is 46.0 Å². The van der Waals surface area contributed by atoms with Crippen LogP contribution in [0.25, 0.3) is 0 Å². The highest BCUT2D eigenvalue weighted by Crippen LogP contribution is 2.13. The Hall–Kier alpha value is -1.40. The van der Waals surface area contributed by atoms with E-state index in [4.69, 9.17) is 5.11 Å². The molecule has 6 heteroatoms. The molecule has 6 nitrogen and oxygen atoms in total. The van der Waals surface area contributed by atoms with Crippen LogP contribution in [0.2, 0.25) is 0 Å². The Kier molecular flexibility index (Phi) is 4.03. The number of anilines is 2. The van der Waals surface area contributed by atoms with Gasteiger partial charge in [-0.15, -0.1) is 0 Å². The molecule has 0 aliphatic rings. The molecule has 0 aromatic carbocycles. The summed E-state index contributed by atoms with van der Waals surface area (Å²) in [7, 11) is 1.73. The predicted octanol–water partition coefficient (Wildman–Crippen LogP) is -0.0181. The second-order valence-electron chi connectivity index (χ2n) is 3.98. The lowest BCUT2D eigenvalue weighted by atomic mass is 10.1. The van der Waals surface area contributed by atoms with E-state index in [2.05, 4.69) is 20.6 Å². The first-order valence-electron chi connectivity index (χ1n) is 5.07. The molecule has 0 radical (unpaired) electrons. The number of nitrogens with zero attached hydrogens (tertiary/aromatic N) is 2. The van der Waals surface area contributed by atoms with Crippen molar-refractivity contribution in [2.24, 2.45) is 0 Å². The topological polar surface area (TPSA) is 90.3 Å². The zero-order chi connectivity index (χ0) is 12.2. The molecule has 0 spiro atoms. The maximum Gasteiger partial charge on any atom is 0.224 e. The highest BCUT2D eigenvalue weighted by molar-refractivity contribution is 5.46. The van der Waals surface area contributed by atoms with E-state index >= 15 is 0 Å². The molecule has 1 aromatic rings. The summed E-state index contributed by atoms with van der Waals surface area (Å²) in [6, 6.07) is 0. The van der Waals surface area contributed by atoms with E-state index in [0.717, 1.165) is 5.56 Å². The zero-order valence-corrected chi connectivity index (χ0v) is 9.78. The second kappa shape index (κ2) is 5.09. The summed E-state index contributed by atoms with van der Waals surface area (Å²) in [4.78, 5) is 8.25. The smallest absolute Gasteiger partial charge is 0.224 e. The fraction of sp³-hybridized carbons (Fsp3) is 0.600. The minimum atomic E-state index is -1.16. The number of hydrogen-bond donors (Lipinski definition) is 4. The van der Waals surface area contributed by atoms with E-state index < -0.39 is 5.60 Å². The minimum absolute atomic E-state index is 0.227. The van der Waals surface area contributed by atoms with Gasteiger partial charge in [0.1, 0.15) is 11.4 Å². The SMILES string of the molecule is CNc1ncc(C)c(NCC(C)(O)CO)n1. The van der Waals surface area contributed by atoms with Gasteiger partial charge in [-0.25, -0.2) is 4.98 Å². The second-order valence-corrected chi connectivity index (χ2v) is 3.98. The number of aromatic nitrogens is 2. The van der Waals surface area contributed by atoms with Gasteiger partial charge in [0.15, 0.2) is 0 Å². The summed E-state index contributed by atoms with van der Waals surface area (Å²) in [5.74, 6) is 1.16. The molecular weight excluding hydrogens is 208 g/mol. The largest absolute Gasteiger partial charge is 0.393 e. The normalized spacial score (nSPS) is 14.3. The number of aryl methyl sites for hydroxylation is 1. The molecular formula is C10H18N4O2. The van der Waals surface area contributed by atoms with Gasteiger partial charge in [0.2, 0.25) is 5.95 Å². The first-order valence-corrected chi connectivity index (χ1v) is 5.07. The maximum atomic E-state index is 9.63. The van der Waals surface area contributed by atoms with Crippen molar-refractivity contribution < 1.29 is 10.2 Å². The minimum Gasteiger partial charge on any atom is -0.393 e. The highest BCUT2D eigenvalue weighted by Gasteiger charge is 2.19. The van der Waals surface area contributed by atoms with Crippen LogP contribution in [0.1, 0.15) is 12.5 Å². The molecule has 0 saturated carbocycles. The Morgan fingerprint density at radius 1 is 1.50 bits per heavy atom. The molecule has 0 amide bonds. The van der Waals surface area contributed by atoms with Crippen molar-refractivity contribution in [2.75, 3.05) is 30.8 Å². The number of rotatable bonds is 5. The molecule has 16 heavy (non-hydrogen) atoms. The van der Waals surface area contributed by atoms with E-state index in [1.54, 1.807) is 20.2 Å². The van der Waals surface area contributed by atoms with E-state index in [9.17, 15) is 5.11 Å². The highest BCUT2D eigenvalue weighted by atomic mass is 16.3. The first kappa shape index (κ1) is 12.7. The van der Waals surface area contributed by atoms with Gasteiger partial charge < -0.3 is 20.8 Å². The third-order valence-electron chi connectivity index (χ3n) is 2.17. The van der Waals surface area contributed by atoms with E-state index in [0.29, 0.717) is 11.8 Å². The number of aliphatic hydroxyl groups excluding tert-OH is 1. The van der Waals surface area contributed by atoms with Crippen molar-refractivity contribution in [3.63, 3.8) is 0 Å². The summed E-state index contributed by atoms with van der Waals surface area (Å²) in [5.41, 5.74) is -0.273. The molecule has 1 aromatic heterocycles. The van der Waals surface area contributed by atoms with Crippen molar-refractivity contribution in [3.8, 4) is 0 Å². The van der Waals surface area contributed by atoms with Gasteiger partial charge >= 0.3 is 0 Å². The summed E-state index contributed by atoms with van der Waals surface area (Å²) in [6.07, 6.45) is 1.69. The van der Waals surface area contributed by atoms with Gasteiger partial charge in [-0.1, -0.05) is 0 Å². The predicted molar refractivity (Wildman–Crippen MR) is 62.5 cm³/mol. The Balaban J connectivity index is 2.73. The standard InChI is InChI=1S/C10H18N4O2/c1-7-4-12-9(11-3)14-8(7)13-5-10(2,16)6-15/h4,15-16H,5-6H2,1-3H3,(H2,11,12,13,14). The van der Waals surface area contributed by atoms with Gasteiger partial charge in [0.25, 0.3) is 0 Å². The van der Waals surface area contributed by atoms with Gasteiger partial charge in [-0.05, 0) is 13.8 Å². The zero-order valence-electron chi connectivity index (χ0n) is 9.78. The molecule has 0 aliphatic heterocycles. The lowest BCUT2D eigenvalue weighted by molar-refractivity contribution is 0.0131. The van der Waals surface area contributed by atoms with Crippen LogP contribution in [0.4, 0.5) is 11.8 Å². The van der Waals surface area contributed by atoms with E-state index in [1.165, 1.54) is 0 Å². The summed E-state index contributed by atoms with van der Waals surface area (Å²) < 4.78 is 0. The van der Waals surface area contributed by atoms with Crippen LogP contribution in [0.15, 0.2) is 6.20 Å². The molecule has 1 heterocycles. The Morgan fingerprint density at radius 3 is 2.75 bits per heavy atom. The van der Waals surface area contributed by atoms with Crippen LogP contribution >= 0.6 is 0 Å². The molecule has 90 valence electrons. The Morgan fingerprint density at radius 2 is 2.19 bits per heavy atom. The fourth-order valence-electron chi connectivity index (χ4n) is 1.07. The van der Waals surface area contributed by atoms with Crippen molar-refractivity contribution in [2.45, 2.75) is 19.4 Å². The van der Waals surface area contributed by atoms with E-state index in [1.807, 2.05) is 6.92 Å². The molecule has 4 N–H and O–H groups in total. The maximum absolute atomic E-state index is 9.63. The van der Waals surface area contributed by atoms with Crippen LogP contribution in [-0.2, 0) is 0 Å². The fourth-order valence-corrected chi connectivity index (χ4v) is 1.07. The van der Waals surface area contributed by atoms with Crippen molar-refractivity contribution >= 4 is 11.8 Å². The lowest BCUT2D eigenvalue weighted by Gasteiger charge is -2.21. The van der Waals surface area contributed by atoms with Gasteiger partial charge in [-0.3, -0.25) is 0 Å². The first-order chi connectivity index (χ1) is 7.48. The average Bonchev–Trinajstić information content (AvgIpc) is 2.28. The molecule has 1 unspecified atom stereocenters. The Labute approximate surface area is 94.7 Å². The van der Waals surface area contributed by atoms with Crippen molar-refractivity contribution in [1.29, 1.82) is 0 Å².